The quantitative estimate of drug-likeness (QED) is 0.850. The van der Waals surface area contributed by atoms with Crippen molar-refractivity contribution < 1.29 is 14.3 Å². The molecule has 0 radical (unpaired) electrons. The molecule has 19 heavy (non-hydrogen) atoms. The molecule has 2 heterocycles. The summed E-state index contributed by atoms with van der Waals surface area (Å²) in [5.41, 5.74) is 0. The van der Waals surface area contributed by atoms with Crippen LogP contribution in [0, 0.1) is 6.92 Å². The highest BCUT2D eigenvalue weighted by Crippen LogP contribution is 2.19. The van der Waals surface area contributed by atoms with Gasteiger partial charge in [0.1, 0.15) is 5.76 Å². The number of carboxylic acid groups (broad SMARTS) is 1. The highest BCUT2D eigenvalue weighted by molar-refractivity contribution is 7.12. The molecule has 5 nitrogen and oxygen atoms in total. The number of carboxylic acids is 1. The van der Waals surface area contributed by atoms with E-state index in [0.717, 1.165) is 15.5 Å². The number of nitrogens with zero attached hydrogens (tertiary/aromatic N) is 1. The lowest BCUT2D eigenvalue weighted by molar-refractivity contribution is -0.136. The normalized spacial score (nSPS) is 12.5. The number of aromatic nitrogens is 1. The zero-order valence-electron chi connectivity index (χ0n) is 10.8. The van der Waals surface area contributed by atoms with Gasteiger partial charge in [0.15, 0.2) is 0 Å². The van der Waals surface area contributed by atoms with E-state index >= 15 is 0 Å². The number of aliphatic carboxylic acids is 1. The Kier molecular flexibility index (Phi) is 4.34. The van der Waals surface area contributed by atoms with Gasteiger partial charge in [-0.25, -0.2) is 4.98 Å². The van der Waals surface area contributed by atoms with Gasteiger partial charge < -0.3 is 14.8 Å². The zero-order valence-corrected chi connectivity index (χ0v) is 11.7. The molecule has 0 saturated carbocycles. The van der Waals surface area contributed by atoms with Crippen molar-refractivity contribution in [2.24, 2.45) is 0 Å². The van der Waals surface area contributed by atoms with Crippen LogP contribution in [0.15, 0.2) is 22.7 Å². The molecular weight excluding hydrogens is 264 g/mol. The van der Waals surface area contributed by atoms with Crippen LogP contribution >= 0.6 is 11.3 Å². The van der Waals surface area contributed by atoms with Gasteiger partial charge in [-0.2, -0.15) is 0 Å². The van der Waals surface area contributed by atoms with Crippen LogP contribution in [0.3, 0.4) is 0 Å². The second-order valence-corrected chi connectivity index (χ2v) is 5.60. The van der Waals surface area contributed by atoms with Crippen LogP contribution in [0.5, 0.6) is 0 Å². The van der Waals surface area contributed by atoms with Gasteiger partial charge in [-0.05, 0) is 26.0 Å². The Morgan fingerprint density at radius 3 is 2.89 bits per heavy atom. The van der Waals surface area contributed by atoms with Crippen molar-refractivity contribution in [3.05, 3.63) is 39.7 Å². The van der Waals surface area contributed by atoms with Crippen LogP contribution in [0.25, 0.3) is 0 Å². The van der Waals surface area contributed by atoms with Crippen LogP contribution < -0.4 is 5.32 Å². The fraction of sp³-hybridized carbons (Fsp3) is 0.385. The molecule has 0 fully saturated rings. The average molecular weight is 280 g/mol. The van der Waals surface area contributed by atoms with Crippen molar-refractivity contribution in [2.45, 2.75) is 32.9 Å². The summed E-state index contributed by atoms with van der Waals surface area (Å²) in [6, 6.07) is 3.83. The van der Waals surface area contributed by atoms with Gasteiger partial charge >= 0.3 is 5.97 Å². The molecule has 102 valence electrons. The van der Waals surface area contributed by atoms with E-state index < -0.39 is 5.97 Å². The van der Waals surface area contributed by atoms with E-state index in [9.17, 15) is 4.79 Å². The van der Waals surface area contributed by atoms with Gasteiger partial charge in [0.05, 0.1) is 18.7 Å². The van der Waals surface area contributed by atoms with Gasteiger partial charge in [0, 0.05) is 16.3 Å². The molecule has 0 aliphatic heterocycles. The highest BCUT2D eigenvalue weighted by Gasteiger charge is 2.11. The molecule has 0 aromatic carbocycles. The first-order valence-corrected chi connectivity index (χ1v) is 6.81. The molecule has 2 N–H and O–H groups in total. The van der Waals surface area contributed by atoms with E-state index in [2.05, 4.69) is 10.3 Å². The number of aryl methyl sites for hydroxylation is 1. The molecule has 2 rings (SSSR count). The number of oxazole rings is 1. The van der Waals surface area contributed by atoms with Gasteiger partial charge in [-0.15, -0.1) is 11.3 Å². The van der Waals surface area contributed by atoms with E-state index in [1.165, 1.54) is 11.3 Å². The maximum Gasteiger partial charge on any atom is 0.308 e. The molecule has 0 spiro atoms. The number of nitrogens with one attached hydrogen (secondary N) is 1. The minimum Gasteiger partial charge on any atom is -0.481 e. The standard InChI is InChI=1S/C13H16N2O3S/c1-8-6-15-13(18-8)9(2)14-7-11-4-3-10(19-11)5-12(16)17/h3-4,6,9,14H,5,7H2,1-2H3,(H,16,17). The predicted octanol–water partition coefficient (Wildman–Crippen LogP) is 2.52. The van der Waals surface area contributed by atoms with E-state index in [0.29, 0.717) is 12.4 Å². The predicted molar refractivity (Wildman–Crippen MR) is 72.2 cm³/mol. The number of hydrogen-bond donors (Lipinski definition) is 2. The summed E-state index contributed by atoms with van der Waals surface area (Å²) in [6.07, 6.45) is 1.78. The first-order chi connectivity index (χ1) is 9.04. The molecule has 0 bridgehead atoms. The monoisotopic (exact) mass is 280 g/mol. The van der Waals surface area contributed by atoms with Gasteiger partial charge in [0.2, 0.25) is 5.89 Å². The molecule has 0 amide bonds. The summed E-state index contributed by atoms with van der Waals surface area (Å²) in [6.45, 7) is 4.52. The molecule has 0 aliphatic carbocycles. The Morgan fingerprint density at radius 1 is 1.53 bits per heavy atom. The third-order valence-corrected chi connectivity index (χ3v) is 3.72. The van der Waals surface area contributed by atoms with Crippen LogP contribution in [0.4, 0.5) is 0 Å². The van der Waals surface area contributed by atoms with Crippen molar-refractivity contribution in [3.8, 4) is 0 Å². The minimum absolute atomic E-state index is 0.0266. The molecular formula is C13H16N2O3S. The van der Waals surface area contributed by atoms with Gasteiger partial charge in [-0.3, -0.25) is 4.79 Å². The number of rotatable bonds is 6. The molecule has 1 atom stereocenters. The minimum atomic E-state index is -0.801. The summed E-state index contributed by atoms with van der Waals surface area (Å²) in [4.78, 5) is 16.7. The van der Waals surface area contributed by atoms with Crippen LogP contribution in [0.1, 0.15) is 34.4 Å². The van der Waals surface area contributed by atoms with Crippen molar-refractivity contribution in [1.29, 1.82) is 0 Å². The van der Waals surface area contributed by atoms with Crippen molar-refractivity contribution in [3.63, 3.8) is 0 Å². The van der Waals surface area contributed by atoms with Crippen LogP contribution in [0.2, 0.25) is 0 Å². The highest BCUT2D eigenvalue weighted by atomic mass is 32.1. The van der Waals surface area contributed by atoms with E-state index in [1.54, 1.807) is 6.20 Å². The maximum atomic E-state index is 10.6. The molecule has 2 aromatic rings. The van der Waals surface area contributed by atoms with E-state index in [-0.39, 0.29) is 12.5 Å². The largest absolute Gasteiger partial charge is 0.481 e. The third-order valence-electron chi connectivity index (χ3n) is 2.63. The topological polar surface area (TPSA) is 75.4 Å². The maximum absolute atomic E-state index is 10.6. The average Bonchev–Trinajstić information content (AvgIpc) is 2.94. The summed E-state index contributed by atoms with van der Waals surface area (Å²) in [5, 5.41) is 12.0. The van der Waals surface area contributed by atoms with Crippen LogP contribution in [-0.2, 0) is 17.8 Å². The Balaban J connectivity index is 1.88. The zero-order chi connectivity index (χ0) is 13.8. The fourth-order valence-electron chi connectivity index (χ4n) is 1.67. The van der Waals surface area contributed by atoms with Gasteiger partial charge in [-0.1, -0.05) is 0 Å². The third kappa shape index (κ3) is 3.90. The summed E-state index contributed by atoms with van der Waals surface area (Å²) >= 11 is 1.51. The summed E-state index contributed by atoms with van der Waals surface area (Å²) < 4.78 is 5.44. The second-order valence-electron chi connectivity index (χ2n) is 4.35. The smallest absolute Gasteiger partial charge is 0.308 e. The first-order valence-electron chi connectivity index (χ1n) is 5.99. The number of thiophene rings is 1. The van der Waals surface area contributed by atoms with Crippen molar-refractivity contribution in [1.82, 2.24) is 10.3 Å². The van der Waals surface area contributed by atoms with Crippen LogP contribution in [-0.4, -0.2) is 16.1 Å². The Hall–Kier alpha value is -1.66. The molecule has 0 saturated heterocycles. The lowest BCUT2D eigenvalue weighted by Gasteiger charge is -2.08. The number of hydrogen-bond acceptors (Lipinski definition) is 5. The van der Waals surface area contributed by atoms with E-state index in [4.69, 9.17) is 9.52 Å². The lowest BCUT2D eigenvalue weighted by atomic mass is 10.3. The fourth-order valence-corrected chi connectivity index (χ4v) is 2.63. The first kappa shape index (κ1) is 13.8. The molecule has 2 aromatic heterocycles. The Morgan fingerprint density at radius 2 is 2.26 bits per heavy atom. The van der Waals surface area contributed by atoms with Crippen molar-refractivity contribution >= 4 is 17.3 Å². The lowest BCUT2D eigenvalue weighted by Crippen LogP contribution is -2.17. The van der Waals surface area contributed by atoms with Crippen molar-refractivity contribution in [2.75, 3.05) is 0 Å². The van der Waals surface area contributed by atoms with E-state index in [1.807, 2.05) is 26.0 Å². The SMILES string of the molecule is Cc1cnc(C(C)NCc2ccc(CC(=O)O)s2)o1. The molecule has 0 aliphatic rings. The summed E-state index contributed by atoms with van der Waals surface area (Å²) in [5.74, 6) is 0.660. The second kappa shape index (κ2) is 5.99. The molecule has 6 heteroatoms. The summed E-state index contributed by atoms with van der Waals surface area (Å²) in [7, 11) is 0. The number of carbonyl (C=O) groups is 1. The Bertz CT molecular complexity index is 562. The van der Waals surface area contributed by atoms with Gasteiger partial charge in [0.25, 0.3) is 0 Å². The molecule has 1 unspecified atom stereocenters. The Labute approximate surface area is 115 Å².